The first kappa shape index (κ1) is 8.48. The van der Waals surface area contributed by atoms with Gasteiger partial charge >= 0.3 is 0 Å². The maximum absolute atomic E-state index is 8.86. The molecule has 1 aromatic carbocycles. The van der Waals surface area contributed by atoms with E-state index in [9.17, 15) is 0 Å². The van der Waals surface area contributed by atoms with Crippen LogP contribution in [-0.2, 0) is 6.61 Å². The van der Waals surface area contributed by atoms with E-state index in [2.05, 4.69) is 16.8 Å². The second-order valence-corrected chi connectivity index (χ2v) is 3.65. The van der Waals surface area contributed by atoms with E-state index in [1.807, 2.05) is 24.3 Å². The Hall–Kier alpha value is -1.12. The largest absolute Gasteiger partial charge is 0.392 e. The van der Waals surface area contributed by atoms with Crippen LogP contribution in [0.3, 0.4) is 0 Å². The Morgan fingerprint density at radius 3 is 2.31 bits per heavy atom. The number of hydrogen-bond donors (Lipinski definition) is 1. The zero-order chi connectivity index (χ0) is 9.10. The van der Waals surface area contributed by atoms with E-state index in [1.165, 1.54) is 11.1 Å². The van der Waals surface area contributed by atoms with Gasteiger partial charge in [0.15, 0.2) is 0 Å². The molecular formula is C11H10OS. The summed E-state index contributed by atoms with van der Waals surface area (Å²) in [6, 6.07) is 10.1. The highest BCUT2D eigenvalue weighted by Gasteiger charge is 1.96. The van der Waals surface area contributed by atoms with E-state index in [0.29, 0.717) is 0 Å². The van der Waals surface area contributed by atoms with Gasteiger partial charge in [-0.25, -0.2) is 0 Å². The Labute approximate surface area is 81.3 Å². The maximum Gasteiger partial charge on any atom is 0.0681 e. The molecule has 0 bridgehead atoms. The van der Waals surface area contributed by atoms with E-state index >= 15 is 0 Å². The smallest absolute Gasteiger partial charge is 0.0681 e. The van der Waals surface area contributed by atoms with Gasteiger partial charge in [-0.1, -0.05) is 24.3 Å². The summed E-state index contributed by atoms with van der Waals surface area (Å²) in [5.41, 5.74) is 3.41. The molecule has 0 unspecified atom stereocenters. The summed E-state index contributed by atoms with van der Waals surface area (Å²) in [5.74, 6) is 0. The monoisotopic (exact) mass is 190 g/mol. The number of rotatable bonds is 2. The van der Waals surface area contributed by atoms with Crippen molar-refractivity contribution in [2.45, 2.75) is 6.61 Å². The normalized spacial score (nSPS) is 10.2. The summed E-state index contributed by atoms with van der Waals surface area (Å²) < 4.78 is 0. The van der Waals surface area contributed by atoms with Crippen molar-refractivity contribution in [3.05, 3.63) is 46.7 Å². The maximum atomic E-state index is 8.86. The molecule has 0 amide bonds. The predicted molar refractivity (Wildman–Crippen MR) is 55.7 cm³/mol. The zero-order valence-corrected chi connectivity index (χ0v) is 7.92. The Balaban J connectivity index is 2.33. The standard InChI is InChI=1S/C11H10OS/c12-7-9-1-3-10(4-2-9)11-5-6-13-8-11/h1-6,8,12H,7H2. The lowest BCUT2D eigenvalue weighted by molar-refractivity contribution is 0.282. The van der Waals surface area contributed by atoms with Crippen molar-refractivity contribution in [1.29, 1.82) is 0 Å². The number of aliphatic hydroxyl groups is 1. The van der Waals surface area contributed by atoms with Crippen LogP contribution in [0.15, 0.2) is 41.1 Å². The first-order valence-corrected chi connectivity index (χ1v) is 5.07. The Morgan fingerprint density at radius 2 is 1.77 bits per heavy atom. The van der Waals surface area contributed by atoms with Gasteiger partial charge in [-0.05, 0) is 33.5 Å². The van der Waals surface area contributed by atoms with E-state index in [4.69, 9.17) is 5.11 Å². The fraction of sp³-hybridized carbons (Fsp3) is 0.0909. The molecule has 0 radical (unpaired) electrons. The van der Waals surface area contributed by atoms with E-state index in [1.54, 1.807) is 11.3 Å². The molecule has 2 rings (SSSR count). The highest BCUT2D eigenvalue weighted by atomic mass is 32.1. The van der Waals surface area contributed by atoms with Crippen molar-refractivity contribution in [2.24, 2.45) is 0 Å². The Morgan fingerprint density at radius 1 is 1.00 bits per heavy atom. The average molecular weight is 190 g/mol. The fourth-order valence-corrected chi connectivity index (χ4v) is 1.90. The van der Waals surface area contributed by atoms with Crippen LogP contribution in [0.5, 0.6) is 0 Å². The molecule has 0 aliphatic rings. The minimum Gasteiger partial charge on any atom is -0.392 e. The van der Waals surface area contributed by atoms with Gasteiger partial charge < -0.3 is 5.11 Å². The third kappa shape index (κ3) is 1.79. The highest BCUT2D eigenvalue weighted by Crippen LogP contribution is 2.22. The third-order valence-corrected chi connectivity index (χ3v) is 2.67. The lowest BCUT2D eigenvalue weighted by Crippen LogP contribution is -1.81. The van der Waals surface area contributed by atoms with Gasteiger partial charge in [0.05, 0.1) is 6.61 Å². The minimum atomic E-state index is 0.115. The van der Waals surface area contributed by atoms with Gasteiger partial charge in [-0.15, -0.1) is 0 Å². The number of aliphatic hydroxyl groups excluding tert-OH is 1. The third-order valence-electron chi connectivity index (χ3n) is 1.99. The Kier molecular flexibility index (Phi) is 2.43. The lowest BCUT2D eigenvalue weighted by Gasteiger charge is -1.99. The van der Waals surface area contributed by atoms with Crippen molar-refractivity contribution in [3.8, 4) is 11.1 Å². The average Bonchev–Trinajstić information content (AvgIpc) is 2.71. The molecule has 0 fully saturated rings. The molecule has 1 N–H and O–H groups in total. The number of hydrogen-bond acceptors (Lipinski definition) is 2. The molecule has 0 saturated carbocycles. The SMILES string of the molecule is OCc1ccc(-c2ccsc2)cc1. The number of benzene rings is 1. The van der Waals surface area contributed by atoms with Crippen LogP contribution in [0.1, 0.15) is 5.56 Å². The van der Waals surface area contributed by atoms with Crippen LogP contribution in [0.4, 0.5) is 0 Å². The molecule has 0 saturated heterocycles. The quantitative estimate of drug-likeness (QED) is 0.772. The van der Waals surface area contributed by atoms with Gasteiger partial charge in [0.2, 0.25) is 0 Å². The van der Waals surface area contributed by atoms with Crippen LogP contribution in [0.25, 0.3) is 11.1 Å². The lowest BCUT2D eigenvalue weighted by atomic mass is 10.1. The summed E-state index contributed by atoms with van der Waals surface area (Å²) in [5, 5.41) is 13.0. The van der Waals surface area contributed by atoms with Crippen molar-refractivity contribution < 1.29 is 5.11 Å². The summed E-state index contributed by atoms with van der Waals surface area (Å²) in [6.07, 6.45) is 0. The molecule has 1 heterocycles. The van der Waals surface area contributed by atoms with Crippen LogP contribution < -0.4 is 0 Å². The van der Waals surface area contributed by atoms with Gasteiger partial charge in [0.1, 0.15) is 0 Å². The van der Waals surface area contributed by atoms with Gasteiger partial charge in [-0.3, -0.25) is 0 Å². The van der Waals surface area contributed by atoms with Crippen molar-refractivity contribution >= 4 is 11.3 Å². The van der Waals surface area contributed by atoms with Crippen LogP contribution in [0.2, 0.25) is 0 Å². The molecule has 2 aromatic rings. The van der Waals surface area contributed by atoms with Crippen molar-refractivity contribution in [3.63, 3.8) is 0 Å². The van der Waals surface area contributed by atoms with Gasteiger partial charge in [-0.2, -0.15) is 11.3 Å². The predicted octanol–water partition coefficient (Wildman–Crippen LogP) is 2.91. The highest BCUT2D eigenvalue weighted by molar-refractivity contribution is 7.08. The molecule has 2 heteroatoms. The summed E-state index contributed by atoms with van der Waals surface area (Å²) >= 11 is 1.69. The topological polar surface area (TPSA) is 20.2 Å². The van der Waals surface area contributed by atoms with Crippen LogP contribution in [-0.4, -0.2) is 5.11 Å². The van der Waals surface area contributed by atoms with Crippen LogP contribution in [0, 0.1) is 0 Å². The first-order chi connectivity index (χ1) is 6.40. The number of thiophene rings is 1. The van der Waals surface area contributed by atoms with Crippen LogP contribution >= 0.6 is 11.3 Å². The second kappa shape index (κ2) is 3.73. The van der Waals surface area contributed by atoms with E-state index in [0.717, 1.165) is 5.56 Å². The molecule has 66 valence electrons. The molecule has 0 aliphatic heterocycles. The summed E-state index contributed by atoms with van der Waals surface area (Å²) in [7, 11) is 0. The van der Waals surface area contributed by atoms with Gasteiger partial charge in [0, 0.05) is 0 Å². The molecule has 1 nitrogen and oxygen atoms in total. The molecule has 13 heavy (non-hydrogen) atoms. The fourth-order valence-electron chi connectivity index (χ4n) is 1.23. The Bertz CT molecular complexity index is 361. The zero-order valence-electron chi connectivity index (χ0n) is 7.10. The first-order valence-electron chi connectivity index (χ1n) is 4.12. The van der Waals surface area contributed by atoms with E-state index in [-0.39, 0.29) is 6.61 Å². The van der Waals surface area contributed by atoms with E-state index < -0.39 is 0 Å². The molecule has 0 spiro atoms. The summed E-state index contributed by atoms with van der Waals surface area (Å²) in [6.45, 7) is 0.115. The molecule has 1 aromatic heterocycles. The molecule has 0 atom stereocenters. The minimum absolute atomic E-state index is 0.115. The van der Waals surface area contributed by atoms with Gasteiger partial charge in [0.25, 0.3) is 0 Å². The van der Waals surface area contributed by atoms with Crippen molar-refractivity contribution in [2.75, 3.05) is 0 Å². The molecular weight excluding hydrogens is 180 g/mol. The summed E-state index contributed by atoms with van der Waals surface area (Å²) in [4.78, 5) is 0. The molecule has 0 aliphatic carbocycles. The second-order valence-electron chi connectivity index (χ2n) is 2.87. The van der Waals surface area contributed by atoms with Crippen molar-refractivity contribution in [1.82, 2.24) is 0 Å².